The van der Waals surface area contributed by atoms with E-state index in [2.05, 4.69) is 37.2 Å². The molecule has 0 saturated carbocycles. The van der Waals surface area contributed by atoms with Gasteiger partial charge in [-0.3, -0.25) is 43.2 Å². The number of carboxylic acid groups (broad SMARTS) is 3. The van der Waals surface area contributed by atoms with Gasteiger partial charge in [-0.15, -0.1) is 0 Å². The third kappa shape index (κ3) is 20.9. The molecule has 0 aliphatic rings. The summed E-state index contributed by atoms with van der Waals surface area (Å²) in [7, 11) is 0. The second kappa shape index (κ2) is 26.4. The van der Waals surface area contributed by atoms with Crippen LogP contribution in [0.4, 0.5) is 0 Å². The predicted molar refractivity (Wildman–Crippen MR) is 196 cm³/mol. The summed E-state index contributed by atoms with van der Waals surface area (Å²) in [6, 6.07) is -10.5. The van der Waals surface area contributed by atoms with Gasteiger partial charge in [0.15, 0.2) is 0 Å². The topological polar surface area (TPSA) is 408 Å². The zero-order valence-electron chi connectivity index (χ0n) is 32.2. The van der Waals surface area contributed by atoms with Gasteiger partial charge >= 0.3 is 17.9 Å². The molecule has 24 heteroatoms. The number of carbonyl (C=O) groups is 10. The average Bonchev–Trinajstić information content (AvgIpc) is 3.11. The molecule has 0 radical (unpaired) electrons. The van der Waals surface area contributed by atoms with E-state index in [0.29, 0.717) is 19.4 Å². The fourth-order valence-electron chi connectivity index (χ4n) is 4.87. The van der Waals surface area contributed by atoms with Crippen LogP contribution in [0.25, 0.3) is 0 Å². The largest absolute Gasteiger partial charge is 0.481 e. The molecule has 0 heterocycles. The highest BCUT2D eigenvalue weighted by molar-refractivity contribution is 5.97. The summed E-state index contributed by atoms with van der Waals surface area (Å²) in [6.07, 6.45) is -2.55. The van der Waals surface area contributed by atoms with Crippen LogP contribution in [0, 0.1) is 5.92 Å². The van der Waals surface area contributed by atoms with Gasteiger partial charge in [-0.1, -0.05) is 13.8 Å². The number of hydrogen-bond donors (Lipinski definition) is 14. The SMILES string of the molecule is CC(C)C[C@H](NC(=O)[C@@H](NC(=O)CNC(=O)[C@@H](CCC(=O)O)NC(=O)[C@H](C)NC(=O)[C@@H](N)CC(=O)O)[C@@H](C)O)C(=O)N[C@@H](CO)C(=O)N[C@@H](CCCCN)C(=O)O. The number of nitrogens with two attached hydrogens (primary N) is 2. The van der Waals surface area contributed by atoms with Gasteiger partial charge in [-0.25, -0.2) is 4.79 Å². The Labute approximate surface area is 328 Å². The molecule has 57 heavy (non-hydrogen) atoms. The molecule has 0 aromatic heterocycles. The summed E-state index contributed by atoms with van der Waals surface area (Å²) in [5.41, 5.74) is 10.9. The molecule has 0 aliphatic heterocycles. The number of aliphatic hydroxyl groups excluding tert-OH is 2. The van der Waals surface area contributed by atoms with Crippen molar-refractivity contribution in [1.82, 2.24) is 37.2 Å². The maximum atomic E-state index is 13.3. The van der Waals surface area contributed by atoms with Crippen molar-refractivity contribution in [1.29, 1.82) is 0 Å². The summed E-state index contributed by atoms with van der Waals surface area (Å²) >= 11 is 0. The average molecular weight is 820 g/mol. The number of unbranched alkanes of at least 4 members (excludes halogenated alkanes) is 1. The number of aliphatic carboxylic acids is 3. The minimum absolute atomic E-state index is 0.0311. The first kappa shape index (κ1) is 51.5. The van der Waals surface area contributed by atoms with Crippen LogP contribution in [0.1, 0.15) is 72.6 Å². The number of rotatable bonds is 28. The van der Waals surface area contributed by atoms with Crippen LogP contribution < -0.4 is 48.7 Å². The molecule has 0 aliphatic carbocycles. The van der Waals surface area contributed by atoms with Crippen molar-refractivity contribution in [3.8, 4) is 0 Å². The smallest absolute Gasteiger partial charge is 0.326 e. The maximum absolute atomic E-state index is 13.3. The van der Waals surface area contributed by atoms with Gasteiger partial charge in [-0.2, -0.15) is 0 Å². The van der Waals surface area contributed by atoms with Gasteiger partial charge in [-0.05, 0) is 58.4 Å². The van der Waals surface area contributed by atoms with Crippen LogP contribution in [0.2, 0.25) is 0 Å². The molecule has 0 aromatic carbocycles. The van der Waals surface area contributed by atoms with Crippen LogP contribution in [0.15, 0.2) is 0 Å². The predicted octanol–water partition coefficient (Wildman–Crippen LogP) is -5.67. The van der Waals surface area contributed by atoms with Crippen molar-refractivity contribution in [2.45, 2.75) is 121 Å². The Kier molecular flexibility index (Phi) is 23.9. The molecule has 0 spiro atoms. The maximum Gasteiger partial charge on any atom is 0.326 e. The zero-order chi connectivity index (χ0) is 44.0. The highest BCUT2D eigenvalue weighted by atomic mass is 16.4. The number of nitrogens with one attached hydrogen (secondary N) is 7. The third-order valence-corrected chi connectivity index (χ3v) is 7.98. The Hall–Kier alpha value is -5.46. The molecule has 0 saturated heterocycles. The molecule has 8 atom stereocenters. The van der Waals surface area contributed by atoms with Gasteiger partial charge in [0.1, 0.15) is 36.3 Å². The van der Waals surface area contributed by atoms with Crippen LogP contribution in [0.3, 0.4) is 0 Å². The van der Waals surface area contributed by atoms with E-state index in [1.165, 1.54) is 6.92 Å². The molecule has 0 bridgehead atoms. The van der Waals surface area contributed by atoms with Gasteiger partial charge in [0.2, 0.25) is 41.4 Å². The summed E-state index contributed by atoms with van der Waals surface area (Å²) < 4.78 is 0. The van der Waals surface area contributed by atoms with Crippen molar-refractivity contribution >= 4 is 59.3 Å². The normalized spacial score (nSPS) is 15.2. The number of carbonyl (C=O) groups excluding carboxylic acids is 7. The van der Waals surface area contributed by atoms with E-state index in [1.54, 1.807) is 13.8 Å². The van der Waals surface area contributed by atoms with Crippen LogP contribution >= 0.6 is 0 Å². The summed E-state index contributed by atoms with van der Waals surface area (Å²) in [5, 5.41) is 63.1. The van der Waals surface area contributed by atoms with E-state index in [1.807, 2.05) is 0 Å². The van der Waals surface area contributed by atoms with Gasteiger partial charge in [0, 0.05) is 6.42 Å². The number of carboxylic acids is 3. The van der Waals surface area contributed by atoms with E-state index in [9.17, 15) is 63.3 Å². The lowest BCUT2D eigenvalue weighted by Gasteiger charge is -2.27. The second-order valence-electron chi connectivity index (χ2n) is 13.6. The lowest BCUT2D eigenvalue weighted by molar-refractivity contribution is -0.143. The zero-order valence-corrected chi connectivity index (χ0v) is 32.2. The van der Waals surface area contributed by atoms with Crippen molar-refractivity contribution < 1.29 is 73.5 Å². The Bertz CT molecular complexity index is 1430. The van der Waals surface area contributed by atoms with Gasteiger partial charge < -0.3 is 74.2 Å². The number of amides is 7. The second-order valence-corrected chi connectivity index (χ2v) is 13.6. The molecule has 24 nitrogen and oxygen atoms in total. The Morgan fingerprint density at radius 2 is 1.18 bits per heavy atom. The fraction of sp³-hybridized carbons (Fsp3) is 0.697. The molecular formula is C33H57N9O15. The Balaban J connectivity index is 5.69. The minimum Gasteiger partial charge on any atom is -0.481 e. The van der Waals surface area contributed by atoms with Crippen molar-refractivity contribution in [2.75, 3.05) is 19.7 Å². The number of hydrogen-bond acceptors (Lipinski definition) is 14. The third-order valence-electron chi connectivity index (χ3n) is 7.98. The van der Waals surface area contributed by atoms with E-state index >= 15 is 0 Å². The standard InChI is InChI=1S/C33H57N9O15/c1-15(2)11-21(30(53)41-22(14-43)31(54)39-20(33(56)57)7-5-6-10-34)40-32(55)26(17(4)44)42-23(45)13-36-29(52)19(8-9-24(46)47)38-27(50)16(3)37-28(51)18(35)12-25(48)49/h15-22,26,43-44H,5-14,34-35H2,1-4H3,(H,36,52)(H,37,51)(H,38,50)(H,39,54)(H,40,55)(H,41,53)(H,42,45)(H,46,47)(H,48,49)(H,56,57)/t16-,17+,18-,19+,20-,21-,22-,26-/m0/s1. The minimum atomic E-state index is -1.72. The molecule has 16 N–H and O–H groups in total. The molecule has 0 rings (SSSR count). The summed E-state index contributed by atoms with van der Waals surface area (Å²) in [4.78, 5) is 123. The van der Waals surface area contributed by atoms with Crippen molar-refractivity contribution in [3.63, 3.8) is 0 Å². The van der Waals surface area contributed by atoms with E-state index < -0.39 is 140 Å². The van der Waals surface area contributed by atoms with Gasteiger partial charge in [0.05, 0.1) is 31.7 Å². The quantitative estimate of drug-likeness (QED) is 0.0327. The van der Waals surface area contributed by atoms with Crippen LogP contribution in [-0.4, -0.2) is 153 Å². The lowest BCUT2D eigenvalue weighted by Crippen LogP contribution is -2.60. The van der Waals surface area contributed by atoms with E-state index in [-0.39, 0.29) is 18.8 Å². The first-order valence-electron chi connectivity index (χ1n) is 18.0. The van der Waals surface area contributed by atoms with Crippen LogP contribution in [-0.2, 0) is 47.9 Å². The molecule has 7 amide bonds. The molecular weight excluding hydrogens is 762 g/mol. The monoisotopic (exact) mass is 819 g/mol. The molecule has 324 valence electrons. The first-order valence-corrected chi connectivity index (χ1v) is 18.0. The molecule has 0 unspecified atom stereocenters. The fourth-order valence-corrected chi connectivity index (χ4v) is 4.87. The van der Waals surface area contributed by atoms with Crippen LogP contribution in [0.5, 0.6) is 0 Å². The number of aliphatic hydroxyl groups is 2. The Morgan fingerprint density at radius 3 is 1.68 bits per heavy atom. The van der Waals surface area contributed by atoms with Crippen molar-refractivity contribution in [3.05, 3.63) is 0 Å². The molecule has 0 aromatic rings. The highest BCUT2D eigenvalue weighted by Gasteiger charge is 2.33. The summed E-state index contributed by atoms with van der Waals surface area (Å²) in [6.45, 7) is 4.20. The van der Waals surface area contributed by atoms with E-state index in [0.717, 1.165) is 6.92 Å². The lowest BCUT2D eigenvalue weighted by atomic mass is 10.0. The highest BCUT2D eigenvalue weighted by Crippen LogP contribution is 2.08. The van der Waals surface area contributed by atoms with Gasteiger partial charge in [0.25, 0.3) is 0 Å². The first-order chi connectivity index (χ1) is 26.5. The Morgan fingerprint density at radius 1 is 0.614 bits per heavy atom. The van der Waals surface area contributed by atoms with E-state index in [4.69, 9.17) is 21.7 Å². The van der Waals surface area contributed by atoms with Crippen molar-refractivity contribution in [2.24, 2.45) is 17.4 Å². The molecule has 0 fully saturated rings. The summed E-state index contributed by atoms with van der Waals surface area (Å²) in [5.74, 6) is -11.5.